The number of nitro benzene ring substituents is 1. The van der Waals surface area contributed by atoms with Crippen molar-refractivity contribution < 1.29 is 13.7 Å². The Morgan fingerprint density at radius 2 is 1.48 bits per heavy atom. The van der Waals surface area contributed by atoms with E-state index in [1.54, 1.807) is 12.1 Å². The van der Waals surface area contributed by atoms with Crippen molar-refractivity contribution in [2.45, 2.75) is 0 Å². The largest absolute Gasteiger partial charge is 0.350 e. The molecular weight excluding hydrogens is 449 g/mol. The lowest BCUT2D eigenvalue weighted by molar-refractivity contribution is -0.383. The molecule has 4 aromatic rings. The Bertz CT molecular complexity index is 1330. The molecule has 2 N–H and O–H groups in total. The highest BCUT2D eigenvalue weighted by molar-refractivity contribution is 6.31. The van der Waals surface area contributed by atoms with E-state index in [2.05, 4.69) is 15.6 Å². The summed E-state index contributed by atoms with van der Waals surface area (Å²) in [6.07, 6.45) is 1.53. The van der Waals surface area contributed by atoms with Gasteiger partial charge in [-0.05, 0) is 53.9 Å². The maximum Gasteiger partial charge on any atom is 0.293 e. The summed E-state index contributed by atoms with van der Waals surface area (Å²) in [7, 11) is 0. The number of nitrogens with zero attached hydrogens (tertiary/aromatic N) is 2. The van der Waals surface area contributed by atoms with E-state index in [0.717, 1.165) is 6.07 Å². The lowest BCUT2D eigenvalue weighted by atomic mass is 10.1. The Morgan fingerprint density at radius 3 is 2.06 bits per heavy atom. The molecule has 0 aliphatic carbocycles. The zero-order valence-electron chi connectivity index (χ0n) is 15.5. The van der Waals surface area contributed by atoms with Gasteiger partial charge in [0.2, 0.25) is 0 Å². The molecule has 0 bridgehead atoms. The van der Waals surface area contributed by atoms with Gasteiger partial charge in [0.25, 0.3) is 5.69 Å². The van der Waals surface area contributed by atoms with Crippen LogP contribution in [-0.2, 0) is 0 Å². The number of benzene rings is 3. The summed E-state index contributed by atoms with van der Waals surface area (Å²) in [5.41, 5.74) is 0.836. The lowest BCUT2D eigenvalue weighted by Crippen LogP contribution is -2.00. The minimum atomic E-state index is -0.595. The van der Waals surface area contributed by atoms with Crippen LogP contribution in [0.3, 0.4) is 0 Å². The van der Waals surface area contributed by atoms with Crippen molar-refractivity contribution in [1.29, 1.82) is 0 Å². The number of fused-ring (bicyclic) bond motifs is 1. The summed E-state index contributed by atoms with van der Waals surface area (Å²) >= 11 is 11.6. The van der Waals surface area contributed by atoms with Crippen LogP contribution in [0, 0.1) is 21.7 Å². The summed E-state index contributed by atoms with van der Waals surface area (Å²) in [6.45, 7) is 0. The van der Waals surface area contributed by atoms with E-state index in [-0.39, 0.29) is 21.4 Å². The molecule has 0 saturated carbocycles. The Balaban J connectivity index is 1.77. The maximum absolute atomic E-state index is 13.4. The van der Waals surface area contributed by atoms with Gasteiger partial charge >= 0.3 is 0 Å². The van der Waals surface area contributed by atoms with Gasteiger partial charge in [-0.2, -0.15) is 0 Å². The SMILES string of the molecule is O=[N+]([O-])c1cc2c(Nc3ccc(F)c(Cl)c3)nccc2cc1Nc1ccc(F)c(Cl)c1. The molecule has 0 spiro atoms. The molecule has 0 aliphatic rings. The van der Waals surface area contributed by atoms with E-state index in [0.29, 0.717) is 28.0 Å². The van der Waals surface area contributed by atoms with Gasteiger partial charge in [-0.3, -0.25) is 10.1 Å². The molecule has 0 saturated heterocycles. The second-order valence-electron chi connectivity index (χ2n) is 6.51. The molecule has 0 fully saturated rings. The number of hydrogen-bond donors (Lipinski definition) is 2. The Morgan fingerprint density at radius 1 is 0.871 bits per heavy atom. The predicted octanol–water partition coefficient (Wildman–Crippen LogP) is 7.22. The second-order valence-corrected chi connectivity index (χ2v) is 7.33. The van der Waals surface area contributed by atoms with Gasteiger partial charge < -0.3 is 10.6 Å². The van der Waals surface area contributed by atoms with E-state index in [4.69, 9.17) is 23.2 Å². The maximum atomic E-state index is 13.4. The predicted molar refractivity (Wildman–Crippen MR) is 118 cm³/mol. The van der Waals surface area contributed by atoms with E-state index in [1.165, 1.54) is 42.6 Å². The molecule has 0 amide bonds. The van der Waals surface area contributed by atoms with Crippen molar-refractivity contribution in [2.75, 3.05) is 10.6 Å². The minimum absolute atomic E-state index is 0.0688. The molecule has 0 aliphatic heterocycles. The number of rotatable bonds is 5. The Labute approximate surface area is 184 Å². The van der Waals surface area contributed by atoms with Crippen LogP contribution in [-0.4, -0.2) is 9.91 Å². The number of halogens is 4. The van der Waals surface area contributed by atoms with Crippen molar-refractivity contribution >= 4 is 62.5 Å². The summed E-state index contributed by atoms with van der Waals surface area (Å²) in [4.78, 5) is 15.4. The van der Waals surface area contributed by atoms with Crippen LogP contribution in [0.2, 0.25) is 10.0 Å². The number of nitrogens with one attached hydrogen (secondary N) is 2. The van der Waals surface area contributed by atoms with Crippen LogP contribution in [0.4, 0.5) is 37.3 Å². The average Bonchev–Trinajstić information content (AvgIpc) is 2.73. The average molecular weight is 461 g/mol. The minimum Gasteiger partial charge on any atom is -0.350 e. The Kier molecular flexibility index (Phi) is 5.58. The van der Waals surface area contributed by atoms with Crippen molar-refractivity contribution in [3.63, 3.8) is 0 Å². The van der Waals surface area contributed by atoms with Crippen LogP contribution >= 0.6 is 23.2 Å². The zero-order chi connectivity index (χ0) is 22.1. The van der Waals surface area contributed by atoms with Gasteiger partial charge in [0, 0.05) is 29.0 Å². The molecule has 1 aromatic heterocycles. The number of anilines is 4. The van der Waals surface area contributed by atoms with Crippen LogP contribution in [0.25, 0.3) is 10.8 Å². The van der Waals surface area contributed by atoms with Crippen molar-refractivity contribution in [1.82, 2.24) is 4.98 Å². The number of aromatic nitrogens is 1. The highest BCUT2D eigenvalue weighted by atomic mass is 35.5. The van der Waals surface area contributed by atoms with Crippen molar-refractivity contribution in [3.05, 3.63) is 92.6 Å². The van der Waals surface area contributed by atoms with Gasteiger partial charge in [-0.1, -0.05) is 23.2 Å². The first-order chi connectivity index (χ1) is 14.8. The number of pyridine rings is 1. The van der Waals surface area contributed by atoms with Crippen LogP contribution in [0.5, 0.6) is 0 Å². The zero-order valence-corrected chi connectivity index (χ0v) is 17.0. The summed E-state index contributed by atoms with van der Waals surface area (Å²) in [5, 5.41) is 18.5. The summed E-state index contributed by atoms with van der Waals surface area (Å²) in [5.74, 6) is -0.826. The van der Waals surface area contributed by atoms with Crippen LogP contribution in [0.1, 0.15) is 0 Å². The molecule has 3 aromatic carbocycles. The molecule has 31 heavy (non-hydrogen) atoms. The van der Waals surface area contributed by atoms with Crippen molar-refractivity contribution in [2.24, 2.45) is 0 Å². The Hall–Kier alpha value is -3.49. The van der Waals surface area contributed by atoms with Gasteiger partial charge in [-0.15, -0.1) is 0 Å². The molecule has 0 unspecified atom stereocenters. The molecular formula is C21H12Cl2F2N4O2. The number of nitro groups is 1. The standard InChI is InChI=1S/C21H12Cl2F2N4O2/c22-15-8-12(1-3-17(15)24)27-19-7-11-5-6-26-21(14(11)10-20(19)29(30)31)28-13-2-4-18(25)16(23)9-13/h1-10,27H,(H,26,28). The van der Waals surface area contributed by atoms with Gasteiger partial charge in [0.05, 0.1) is 15.0 Å². The van der Waals surface area contributed by atoms with Crippen molar-refractivity contribution in [3.8, 4) is 0 Å². The first kappa shape index (κ1) is 20.8. The van der Waals surface area contributed by atoms with E-state index < -0.39 is 16.6 Å². The third-order valence-electron chi connectivity index (χ3n) is 4.46. The van der Waals surface area contributed by atoms with E-state index in [9.17, 15) is 18.9 Å². The second kappa shape index (κ2) is 8.33. The number of hydrogen-bond acceptors (Lipinski definition) is 5. The lowest BCUT2D eigenvalue weighted by Gasteiger charge is -2.12. The third-order valence-corrected chi connectivity index (χ3v) is 5.04. The summed E-state index contributed by atoms with van der Waals surface area (Å²) < 4.78 is 26.8. The molecule has 156 valence electrons. The highest BCUT2D eigenvalue weighted by Gasteiger charge is 2.18. The van der Waals surface area contributed by atoms with E-state index in [1.807, 2.05) is 0 Å². The van der Waals surface area contributed by atoms with E-state index >= 15 is 0 Å². The van der Waals surface area contributed by atoms with Crippen LogP contribution in [0.15, 0.2) is 60.8 Å². The molecule has 0 atom stereocenters. The third kappa shape index (κ3) is 4.35. The first-order valence-electron chi connectivity index (χ1n) is 8.83. The van der Waals surface area contributed by atoms with Gasteiger partial charge in [-0.25, -0.2) is 13.8 Å². The monoisotopic (exact) mass is 460 g/mol. The topological polar surface area (TPSA) is 80.1 Å². The molecule has 4 rings (SSSR count). The van der Waals surface area contributed by atoms with Gasteiger partial charge in [0.15, 0.2) is 0 Å². The molecule has 6 nitrogen and oxygen atoms in total. The fraction of sp³-hybridized carbons (Fsp3) is 0. The fourth-order valence-corrected chi connectivity index (χ4v) is 3.36. The smallest absolute Gasteiger partial charge is 0.293 e. The van der Waals surface area contributed by atoms with Gasteiger partial charge in [0.1, 0.15) is 23.1 Å². The normalized spacial score (nSPS) is 10.8. The molecule has 1 heterocycles. The first-order valence-corrected chi connectivity index (χ1v) is 9.59. The molecule has 0 radical (unpaired) electrons. The molecule has 10 heteroatoms. The fourth-order valence-electron chi connectivity index (χ4n) is 3.00. The highest BCUT2D eigenvalue weighted by Crippen LogP contribution is 2.36. The van der Waals surface area contributed by atoms with Crippen LogP contribution < -0.4 is 10.6 Å². The quantitative estimate of drug-likeness (QED) is 0.242. The summed E-state index contributed by atoms with van der Waals surface area (Å²) in [6, 6.07) is 12.6.